The molecule has 0 aliphatic heterocycles. The zero-order valence-electron chi connectivity index (χ0n) is 21.4. The Morgan fingerprint density at radius 1 is 0.944 bits per heavy atom. The van der Waals surface area contributed by atoms with Gasteiger partial charge in [0.15, 0.2) is 9.84 Å². The molecule has 36 heavy (non-hydrogen) atoms. The van der Waals surface area contributed by atoms with Gasteiger partial charge in [0.2, 0.25) is 11.7 Å². The van der Waals surface area contributed by atoms with Crippen molar-refractivity contribution in [3.63, 3.8) is 0 Å². The Labute approximate surface area is 212 Å². The molecule has 0 N–H and O–H groups in total. The molecule has 192 valence electrons. The van der Waals surface area contributed by atoms with Crippen molar-refractivity contribution in [1.82, 2.24) is 9.78 Å². The van der Waals surface area contributed by atoms with Gasteiger partial charge in [0.1, 0.15) is 10.5 Å². The molecule has 1 heterocycles. The lowest BCUT2D eigenvalue weighted by Gasteiger charge is -2.17. The van der Waals surface area contributed by atoms with E-state index in [1.165, 1.54) is 28.9 Å². The summed E-state index contributed by atoms with van der Waals surface area (Å²) in [6.07, 6.45) is 1.13. The summed E-state index contributed by atoms with van der Waals surface area (Å²) in [5, 5.41) is 4.33. The Morgan fingerprint density at radius 2 is 1.56 bits per heavy atom. The second-order valence-corrected chi connectivity index (χ2v) is 12.3. The highest BCUT2D eigenvalue weighted by Gasteiger charge is 2.30. The van der Waals surface area contributed by atoms with Gasteiger partial charge >= 0.3 is 10.1 Å². The Hall–Kier alpha value is -3.24. The molecule has 0 aliphatic carbocycles. The third kappa shape index (κ3) is 5.15. The summed E-state index contributed by atoms with van der Waals surface area (Å²) >= 11 is 0. The van der Waals surface area contributed by atoms with Crippen LogP contribution < -0.4 is 4.18 Å². The van der Waals surface area contributed by atoms with E-state index in [0.717, 1.165) is 17.4 Å². The van der Waals surface area contributed by atoms with Gasteiger partial charge in [-0.05, 0) is 82.5 Å². The zero-order chi connectivity index (χ0) is 27.0. The average molecular weight is 531 g/mol. The lowest BCUT2D eigenvalue weighted by Crippen LogP contribution is -2.16. The van der Waals surface area contributed by atoms with Crippen molar-refractivity contribution in [2.24, 2.45) is 0 Å². The van der Waals surface area contributed by atoms with Gasteiger partial charge in [-0.25, -0.2) is 13.1 Å². The first-order valence-electron chi connectivity index (χ1n) is 11.3. The minimum absolute atomic E-state index is 0.00682. The molecule has 0 saturated heterocycles. The van der Waals surface area contributed by atoms with Crippen molar-refractivity contribution in [3.05, 3.63) is 76.0 Å². The van der Waals surface area contributed by atoms with Gasteiger partial charge in [-0.2, -0.15) is 13.5 Å². The van der Waals surface area contributed by atoms with E-state index < -0.39 is 25.7 Å². The van der Waals surface area contributed by atoms with Gasteiger partial charge in [0.05, 0.1) is 10.6 Å². The van der Waals surface area contributed by atoms with E-state index in [2.05, 4.69) is 5.10 Å². The first-order chi connectivity index (χ1) is 16.7. The fourth-order valence-corrected chi connectivity index (χ4v) is 5.91. The van der Waals surface area contributed by atoms with Crippen molar-refractivity contribution in [3.8, 4) is 5.88 Å². The van der Waals surface area contributed by atoms with E-state index in [-0.39, 0.29) is 33.3 Å². The van der Waals surface area contributed by atoms with Crippen LogP contribution in [-0.4, -0.2) is 38.7 Å². The molecule has 0 amide bonds. The minimum Gasteiger partial charge on any atom is -0.358 e. The van der Waals surface area contributed by atoms with Gasteiger partial charge in [0.25, 0.3) is 0 Å². The number of aromatic nitrogens is 2. The van der Waals surface area contributed by atoms with Gasteiger partial charge in [-0.15, -0.1) is 0 Å². The first-order valence-corrected chi connectivity index (χ1v) is 14.6. The molecule has 0 atom stereocenters. The second kappa shape index (κ2) is 10.0. The molecule has 0 bridgehead atoms. The fourth-order valence-electron chi connectivity index (χ4n) is 3.95. The number of allylic oxidation sites excluding steroid dienone is 2. The quantitative estimate of drug-likeness (QED) is 0.305. The van der Waals surface area contributed by atoms with Crippen LogP contribution in [0.4, 0.5) is 0 Å². The van der Waals surface area contributed by atoms with Crippen LogP contribution in [0.25, 0.3) is 5.57 Å². The Balaban J connectivity index is 2.25. The van der Waals surface area contributed by atoms with E-state index in [4.69, 9.17) is 4.18 Å². The molecule has 8 nitrogen and oxygen atoms in total. The molecule has 3 rings (SSSR count). The van der Waals surface area contributed by atoms with Crippen LogP contribution in [0.3, 0.4) is 0 Å². The summed E-state index contributed by atoms with van der Waals surface area (Å²) in [7, 11) is -7.82. The molecule has 0 fully saturated rings. The number of hydrogen-bond acceptors (Lipinski definition) is 7. The summed E-state index contributed by atoms with van der Waals surface area (Å²) in [4.78, 5) is 13.9. The highest BCUT2D eigenvalue weighted by molar-refractivity contribution is 7.90. The van der Waals surface area contributed by atoms with Crippen molar-refractivity contribution in [1.29, 1.82) is 0 Å². The second-order valence-electron chi connectivity index (χ2n) is 8.77. The normalized spacial score (nSPS) is 11.9. The van der Waals surface area contributed by atoms with Gasteiger partial charge in [0, 0.05) is 18.4 Å². The van der Waals surface area contributed by atoms with Crippen LogP contribution >= 0.6 is 0 Å². The topological polar surface area (TPSA) is 112 Å². The summed E-state index contributed by atoms with van der Waals surface area (Å²) in [5.41, 5.74) is 3.12. The first kappa shape index (κ1) is 27.3. The Morgan fingerprint density at radius 3 is 2.08 bits per heavy atom. The molecule has 1 aromatic heterocycles. The molecule has 10 heteroatoms. The van der Waals surface area contributed by atoms with Crippen LogP contribution in [-0.2, 0) is 26.5 Å². The smallest absolute Gasteiger partial charge is 0.340 e. The van der Waals surface area contributed by atoms with E-state index in [9.17, 15) is 21.6 Å². The maximum absolute atomic E-state index is 13.9. The summed E-state index contributed by atoms with van der Waals surface area (Å²) in [6.45, 7) is 10.8. The van der Waals surface area contributed by atoms with E-state index in [0.29, 0.717) is 16.8 Å². The summed E-state index contributed by atoms with van der Waals surface area (Å²) in [6, 6.07) is 10.5. The predicted octanol–water partition coefficient (Wildman–Crippen LogP) is 4.74. The minimum atomic E-state index is -4.24. The van der Waals surface area contributed by atoms with Crippen molar-refractivity contribution in [2.45, 2.75) is 57.9 Å². The predicted molar refractivity (Wildman–Crippen MR) is 139 cm³/mol. The van der Waals surface area contributed by atoms with E-state index in [1.54, 1.807) is 39.0 Å². The molecule has 0 unspecified atom stereocenters. The molecule has 0 spiro atoms. The number of aryl methyl sites for hydroxylation is 2. The molecule has 0 aliphatic rings. The van der Waals surface area contributed by atoms with Crippen LogP contribution in [0.15, 0.2) is 57.8 Å². The molecule has 3 aromatic rings. The SMILES string of the molecule is CCn1nc(C)c(C(=O)c2ccc(S(C)(=O)=O)c(C(C)=C(C)C)c2C)c1OS(=O)(=O)c1ccccc1. The Bertz CT molecular complexity index is 1580. The van der Waals surface area contributed by atoms with Crippen molar-refractivity contribution >= 4 is 31.3 Å². The monoisotopic (exact) mass is 530 g/mol. The number of nitrogens with zero attached hydrogens (tertiary/aromatic N) is 2. The van der Waals surface area contributed by atoms with Crippen LogP contribution in [0, 0.1) is 13.8 Å². The highest BCUT2D eigenvalue weighted by Crippen LogP contribution is 2.34. The van der Waals surface area contributed by atoms with Crippen LogP contribution in [0.1, 0.15) is 60.4 Å². The van der Waals surface area contributed by atoms with Crippen molar-refractivity contribution in [2.75, 3.05) is 6.26 Å². The molecule has 2 aromatic carbocycles. The number of carbonyl (C=O) groups is 1. The largest absolute Gasteiger partial charge is 0.358 e. The molecular formula is C26H30N2O6S2. The molecule has 0 radical (unpaired) electrons. The number of ketones is 1. The lowest BCUT2D eigenvalue weighted by atomic mass is 9.91. The van der Waals surface area contributed by atoms with E-state index >= 15 is 0 Å². The van der Waals surface area contributed by atoms with Crippen LogP contribution in [0.2, 0.25) is 0 Å². The molecule has 0 saturated carbocycles. The number of hydrogen-bond donors (Lipinski definition) is 0. The average Bonchev–Trinajstić information content (AvgIpc) is 3.11. The Kier molecular flexibility index (Phi) is 7.61. The highest BCUT2D eigenvalue weighted by atomic mass is 32.2. The number of benzene rings is 2. The molecular weight excluding hydrogens is 500 g/mol. The van der Waals surface area contributed by atoms with Gasteiger partial charge in [-0.1, -0.05) is 23.8 Å². The third-order valence-electron chi connectivity index (χ3n) is 6.02. The maximum Gasteiger partial charge on any atom is 0.340 e. The standard InChI is InChI=1S/C26H30N2O6S2/c1-8-28-26(34-36(32,33)20-12-10-9-11-13-20)24(19(6)27-28)25(29)21-14-15-22(35(7,30)31)23(18(21)5)17(4)16(2)3/h9-15H,8H2,1-7H3. The fraction of sp³-hybridized carbons (Fsp3) is 0.308. The van der Waals surface area contributed by atoms with Gasteiger partial charge < -0.3 is 4.18 Å². The van der Waals surface area contributed by atoms with Gasteiger partial charge in [-0.3, -0.25) is 4.79 Å². The summed E-state index contributed by atoms with van der Waals surface area (Å²) < 4.78 is 57.8. The third-order valence-corrected chi connectivity index (χ3v) is 8.39. The number of sulfone groups is 1. The lowest BCUT2D eigenvalue weighted by molar-refractivity contribution is 0.103. The van der Waals surface area contributed by atoms with Crippen LogP contribution in [0.5, 0.6) is 5.88 Å². The number of rotatable bonds is 8. The van der Waals surface area contributed by atoms with Crippen molar-refractivity contribution < 1.29 is 25.8 Å². The zero-order valence-corrected chi connectivity index (χ0v) is 23.0. The van der Waals surface area contributed by atoms with E-state index in [1.807, 2.05) is 20.8 Å². The number of carbonyl (C=O) groups excluding carboxylic acids is 1. The maximum atomic E-state index is 13.9. The summed E-state index contributed by atoms with van der Waals surface area (Å²) in [5.74, 6) is -0.693.